The molecule has 0 aromatic carbocycles. The smallest absolute Gasteiger partial charge is 0.224 e. The van der Waals surface area contributed by atoms with Gasteiger partial charge in [-0.2, -0.15) is 0 Å². The maximum absolute atomic E-state index is 11.3. The summed E-state index contributed by atoms with van der Waals surface area (Å²) in [4.78, 5) is 13.1. The van der Waals surface area contributed by atoms with Crippen LogP contribution < -0.4 is 5.73 Å². The molecule has 0 saturated carbocycles. The molecule has 1 aliphatic heterocycles. The van der Waals surface area contributed by atoms with Gasteiger partial charge in [0.05, 0.1) is 12.7 Å². The number of likely N-dealkylation sites (tertiary alicyclic amines) is 1. The third-order valence-corrected chi connectivity index (χ3v) is 2.32. The average molecular weight is 195 g/mol. The second kappa shape index (κ2) is 3.75. The molecule has 0 bridgehead atoms. The Morgan fingerprint density at radius 1 is 1.57 bits per heavy atom. The van der Waals surface area contributed by atoms with Crippen molar-refractivity contribution >= 4 is 5.91 Å². The van der Waals surface area contributed by atoms with Crippen molar-refractivity contribution in [2.75, 3.05) is 13.1 Å². The molecule has 1 aromatic heterocycles. The number of rotatable bonds is 3. The molecule has 1 fully saturated rings. The molecule has 0 spiro atoms. The predicted octanol–water partition coefficient (Wildman–Crippen LogP) is -1.16. The zero-order chi connectivity index (χ0) is 9.97. The number of nitrogens with two attached hydrogens (primary N) is 1. The van der Waals surface area contributed by atoms with E-state index in [0.29, 0.717) is 26.1 Å². The van der Waals surface area contributed by atoms with E-state index in [1.807, 2.05) is 0 Å². The Morgan fingerprint density at radius 3 is 3.00 bits per heavy atom. The molecule has 1 aliphatic rings. The van der Waals surface area contributed by atoms with Crippen molar-refractivity contribution in [2.24, 2.45) is 5.73 Å². The SMILES string of the molecule is NC1CC(=O)N(CCn2ccnn2)C1. The van der Waals surface area contributed by atoms with E-state index in [-0.39, 0.29) is 11.9 Å². The van der Waals surface area contributed by atoms with Crippen molar-refractivity contribution in [1.82, 2.24) is 19.9 Å². The molecular formula is C8H13N5O. The number of amides is 1. The number of nitrogens with zero attached hydrogens (tertiary/aromatic N) is 4. The van der Waals surface area contributed by atoms with E-state index in [1.165, 1.54) is 0 Å². The molecule has 0 radical (unpaired) electrons. The Labute approximate surface area is 81.7 Å². The molecule has 0 aliphatic carbocycles. The van der Waals surface area contributed by atoms with Gasteiger partial charge in [0.2, 0.25) is 5.91 Å². The van der Waals surface area contributed by atoms with Gasteiger partial charge in [0.15, 0.2) is 0 Å². The Balaban J connectivity index is 1.84. The number of carbonyl (C=O) groups excluding carboxylic acids is 1. The Hall–Kier alpha value is -1.43. The van der Waals surface area contributed by atoms with Crippen molar-refractivity contribution in [3.63, 3.8) is 0 Å². The van der Waals surface area contributed by atoms with Crippen LogP contribution in [-0.4, -0.2) is 44.9 Å². The minimum atomic E-state index is -0.00162. The van der Waals surface area contributed by atoms with Crippen molar-refractivity contribution in [3.8, 4) is 0 Å². The highest BCUT2D eigenvalue weighted by Gasteiger charge is 2.26. The molecule has 76 valence electrons. The van der Waals surface area contributed by atoms with Crippen LogP contribution in [0.15, 0.2) is 12.4 Å². The highest BCUT2D eigenvalue weighted by molar-refractivity contribution is 5.79. The van der Waals surface area contributed by atoms with Crippen LogP contribution in [-0.2, 0) is 11.3 Å². The van der Waals surface area contributed by atoms with Crippen molar-refractivity contribution < 1.29 is 4.79 Å². The fourth-order valence-corrected chi connectivity index (χ4v) is 1.59. The molecule has 6 heteroatoms. The summed E-state index contributed by atoms with van der Waals surface area (Å²) in [5.41, 5.74) is 5.67. The van der Waals surface area contributed by atoms with Crippen molar-refractivity contribution in [2.45, 2.75) is 19.0 Å². The van der Waals surface area contributed by atoms with Crippen LogP contribution in [0.4, 0.5) is 0 Å². The quantitative estimate of drug-likeness (QED) is 0.659. The molecule has 1 amide bonds. The van der Waals surface area contributed by atoms with Crippen LogP contribution in [0.2, 0.25) is 0 Å². The monoisotopic (exact) mass is 195 g/mol. The van der Waals surface area contributed by atoms with Gasteiger partial charge in [-0.25, -0.2) is 0 Å². The maximum atomic E-state index is 11.3. The second-order valence-electron chi connectivity index (χ2n) is 3.47. The maximum Gasteiger partial charge on any atom is 0.224 e. The third-order valence-electron chi connectivity index (χ3n) is 2.32. The lowest BCUT2D eigenvalue weighted by atomic mass is 10.3. The Kier molecular flexibility index (Phi) is 2.45. The topological polar surface area (TPSA) is 77.0 Å². The third kappa shape index (κ3) is 1.90. The number of hydrogen-bond donors (Lipinski definition) is 1. The van der Waals surface area contributed by atoms with Gasteiger partial charge in [-0.1, -0.05) is 5.21 Å². The highest BCUT2D eigenvalue weighted by Crippen LogP contribution is 2.08. The van der Waals surface area contributed by atoms with E-state index in [0.717, 1.165) is 0 Å². The molecule has 1 unspecified atom stereocenters. The van der Waals surface area contributed by atoms with Gasteiger partial charge in [-0.15, -0.1) is 5.10 Å². The van der Waals surface area contributed by atoms with Gasteiger partial charge >= 0.3 is 0 Å². The lowest BCUT2D eigenvalue weighted by molar-refractivity contribution is -0.127. The van der Waals surface area contributed by atoms with E-state index in [9.17, 15) is 4.79 Å². The Bertz CT molecular complexity index is 310. The molecule has 2 heterocycles. The molecule has 1 saturated heterocycles. The zero-order valence-electron chi connectivity index (χ0n) is 7.83. The molecule has 1 atom stereocenters. The molecular weight excluding hydrogens is 182 g/mol. The first kappa shape index (κ1) is 9.14. The van der Waals surface area contributed by atoms with Gasteiger partial charge in [0.1, 0.15) is 0 Å². The van der Waals surface area contributed by atoms with E-state index in [4.69, 9.17) is 5.73 Å². The molecule has 6 nitrogen and oxygen atoms in total. The van der Waals surface area contributed by atoms with Crippen LogP contribution in [0.3, 0.4) is 0 Å². The standard InChI is InChI=1S/C8H13N5O/c9-7-5-8(14)12(6-7)3-4-13-2-1-10-11-13/h1-2,7H,3-6,9H2. The fraction of sp³-hybridized carbons (Fsp3) is 0.625. The van der Waals surface area contributed by atoms with Crippen LogP contribution in [0.1, 0.15) is 6.42 Å². The largest absolute Gasteiger partial charge is 0.339 e. The summed E-state index contributed by atoms with van der Waals surface area (Å²) < 4.78 is 1.71. The normalized spacial score (nSPS) is 21.9. The molecule has 1 aromatic rings. The van der Waals surface area contributed by atoms with E-state index < -0.39 is 0 Å². The van der Waals surface area contributed by atoms with Crippen LogP contribution in [0.25, 0.3) is 0 Å². The average Bonchev–Trinajstić information content (AvgIpc) is 2.72. The van der Waals surface area contributed by atoms with Gasteiger partial charge in [0.25, 0.3) is 0 Å². The molecule has 2 rings (SSSR count). The lowest BCUT2D eigenvalue weighted by Crippen LogP contribution is -2.31. The summed E-state index contributed by atoms with van der Waals surface area (Å²) in [5.74, 6) is 0.137. The van der Waals surface area contributed by atoms with Crippen molar-refractivity contribution in [1.29, 1.82) is 0 Å². The molecule has 14 heavy (non-hydrogen) atoms. The number of hydrogen-bond acceptors (Lipinski definition) is 4. The summed E-state index contributed by atoms with van der Waals surface area (Å²) in [6, 6.07) is -0.00162. The summed E-state index contributed by atoms with van der Waals surface area (Å²) in [6.45, 7) is 2.00. The first-order chi connectivity index (χ1) is 6.75. The van der Waals surface area contributed by atoms with E-state index in [1.54, 1.807) is 22.0 Å². The summed E-state index contributed by atoms with van der Waals surface area (Å²) in [7, 11) is 0. The minimum absolute atomic E-state index is 0.00162. The predicted molar refractivity (Wildman–Crippen MR) is 49.2 cm³/mol. The molecule has 2 N–H and O–H groups in total. The van der Waals surface area contributed by atoms with Crippen molar-refractivity contribution in [3.05, 3.63) is 12.4 Å². The second-order valence-corrected chi connectivity index (χ2v) is 3.47. The summed E-state index contributed by atoms with van der Waals surface area (Å²) in [5, 5.41) is 7.50. The van der Waals surface area contributed by atoms with E-state index in [2.05, 4.69) is 10.3 Å². The van der Waals surface area contributed by atoms with Gasteiger partial charge in [0, 0.05) is 31.7 Å². The van der Waals surface area contributed by atoms with Gasteiger partial charge < -0.3 is 10.6 Å². The van der Waals surface area contributed by atoms with E-state index >= 15 is 0 Å². The van der Waals surface area contributed by atoms with Gasteiger partial charge in [-0.05, 0) is 0 Å². The summed E-state index contributed by atoms with van der Waals surface area (Å²) in [6.07, 6.45) is 3.87. The Morgan fingerprint density at radius 2 is 2.43 bits per heavy atom. The van der Waals surface area contributed by atoms with Crippen LogP contribution >= 0.6 is 0 Å². The van der Waals surface area contributed by atoms with Crippen LogP contribution in [0.5, 0.6) is 0 Å². The number of aromatic nitrogens is 3. The van der Waals surface area contributed by atoms with Gasteiger partial charge in [-0.3, -0.25) is 9.48 Å². The minimum Gasteiger partial charge on any atom is -0.339 e. The fourth-order valence-electron chi connectivity index (χ4n) is 1.59. The summed E-state index contributed by atoms with van der Waals surface area (Å²) >= 11 is 0. The zero-order valence-corrected chi connectivity index (χ0v) is 7.83. The highest BCUT2D eigenvalue weighted by atomic mass is 16.2. The first-order valence-electron chi connectivity index (χ1n) is 4.63. The van der Waals surface area contributed by atoms with Crippen LogP contribution in [0, 0.1) is 0 Å². The first-order valence-corrected chi connectivity index (χ1v) is 4.63. The lowest BCUT2D eigenvalue weighted by Gasteiger charge is -2.15. The number of carbonyl (C=O) groups is 1.